The summed E-state index contributed by atoms with van der Waals surface area (Å²) in [5.41, 5.74) is -0.118. The molecule has 3 atom stereocenters. The van der Waals surface area contributed by atoms with Crippen LogP contribution in [0.1, 0.15) is 71.6 Å². The van der Waals surface area contributed by atoms with Gasteiger partial charge in [-0.3, -0.25) is 9.59 Å². The normalized spacial score (nSPS) is 36.7. The van der Waals surface area contributed by atoms with Crippen molar-refractivity contribution in [2.75, 3.05) is 6.61 Å². The zero-order valence-electron chi connectivity index (χ0n) is 13.4. The number of epoxide rings is 1. The van der Waals surface area contributed by atoms with Gasteiger partial charge in [-0.1, -0.05) is 26.2 Å². The fraction of sp³-hybridized carbons (Fsp3) is 0.882. The standard InChI is InChI=1S/C17H28O4/c1-13-12-20-16(19)11-7-9-14(18)8-5-3-4-6-10-15-17(13,2)21-15/h13,15H,3-12H2,1-2H3. The first kappa shape index (κ1) is 16.5. The predicted molar refractivity (Wildman–Crippen MR) is 80.0 cm³/mol. The van der Waals surface area contributed by atoms with Crippen molar-refractivity contribution < 1.29 is 19.1 Å². The zero-order valence-corrected chi connectivity index (χ0v) is 13.4. The first-order valence-corrected chi connectivity index (χ1v) is 8.37. The summed E-state index contributed by atoms with van der Waals surface area (Å²) in [7, 11) is 0. The highest BCUT2D eigenvalue weighted by atomic mass is 16.6. The molecule has 0 bridgehead atoms. The molecular formula is C17H28O4. The molecule has 2 fully saturated rings. The number of hydrogen-bond acceptors (Lipinski definition) is 4. The Morgan fingerprint density at radius 2 is 1.71 bits per heavy atom. The van der Waals surface area contributed by atoms with E-state index in [1.165, 1.54) is 6.42 Å². The van der Waals surface area contributed by atoms with Gasteiger partial charge < -0.3 is 9.47 Å². The fourth-order valence-corrected chi connectivity index (χ4v) is 3.07. The number of ketones is 1. The summed E-state index contributed by atoms with van der Waals surface area (Å²) >= 11 is 0. The second-order valence-electron chi connectivity index (χ2n) is 6.72. The number of ether oxygens (including phenoxy) is 2. The van der Waals surface area contributed by atoms with E-state index < -0.39 is 0 Å². The van der Waals surface area contributed by atoms with Crippen LogP contribution in [0.4, 0.5) is 0 Å². The number of carbonyl (C=O) groups is 2. The van der Waals surface area contributed by atoms with Crippen molar-refractivity contribution in [1.82, 2.24) is 0 Å². The summed E-state index contributed by atoms with van der Waals surface area (Å²) in [4.78, 5) is 23.3. The van der Waals surface area contributed by atoms with Gasteiger partial charge >= 0.3 is 5.97 Å². The first-order valence-electron chi connectivity index (χ1n) is 8.37. The van der Waals surface area contributed by atoms with Crippen molar-refractivity contribution in [2.45, 2.75) is 83.3 Å². The molecule has 0 spiro atoms. The van der Waals surface area contributed by atoms with E-state index in [0.29, 0.717) is 38.4 Å². The Balaban J connectivity index is 1.84. The van der Waals surface area contributed by atoms with E-state index in [9.17, 15) is 9.59 Å². The number of cyclic esters (lactones) is 1. The minimum absolute atomic E-state index is 0.118. The van der Waals surface area contributed by atoms with Gasteiger partial charge in [0, 0.05) is 25.2 Å². The van der Waals surface area contributed by atoms with Crippen molar-refractivity contribution >= 4 is 11.8 Å². The summed E-state index contributed by atoms with van der Waals surface area (Å²) in [6.07, 6.45) is 7.92. The molecule has 0 aliphatic carbocycles. The van der Waals surface area contributed by atoms with Crippen LogP contribution >= 0.6 is 0 Å². The Morgan fingerprint density at radius 1 is 1.00 bits per heavy atom. The average molecular weight is 296 g/mol. The van der Waals surface area contributed by atoms with Gasteiger partial charge in [0.1, 0.15) is 5.78 Å². The lowest BCUT2D eigenvalue weighted by Crippen LogP contribution is -2.26. The minimum atomic E-state index is -0.192. The Labute approximate surface area is 127 Å². The summed E-state index contributed by atoms with van der Waals surface area (Å²) in [6, 6.07) is 0. The first-order chi connectivity index (χ1) is 10.0. The van der Waals surface area contributed by atoms with Gasteiger partial charge in [0.25, 0.3) is 0 Å². The molecule has 4 nitrogen and oxygen atoms in total. The molecule has 0 saturated carbocycles. The van der Waals surface area contributed by atoms with Crippen molar-refractivity contribution in [3.8, 4) is 0 Å². The molecule has 120 valence electrons. The Hall–Kier alpha value is -0.900. The van der Waals surface area contributed by atoms with E-state index >= 15 is 0 Å². The largest absolute Gasteiger partial charge is 0.465 e. The monoisotopic (exact) mass is 296 g/mol. The van der Waals surface area contributed by atoms with Crippen molar-refractivity contribution in [2.24, 2.45) is 5.92 Å². The van der Waals surface area contributed by atoms with Crippen LogP contribution in [0, 0.1) is 5.92 Å². The third-order valence-corrected chi connectivity index (χ3v) is 4.96. The number of carbonyl (C=O) groups excluding carboxylic acids is 2. The molecule has 2 rings (SSSR count). The molecule has 3 unspecified atom stereocenters. The van der Waals surface area contributed by atoms with Crippen molar-refractivity contribution in [1.29, 1.82) is 0 Å². The van der Waals surface area contributed by atoms with Crippen molar-refractivity contribution in [3.63, 3.8) is 0 Å². The predicted octanol–water partition coefficient (Wildman–Crippen LogP) is 3.42. The van der Waals surface area contributed by atoms with Gasteiger partial charge in [0.15, 0.2) is 0 Å². The molecule has 0 N–H and O–H groups in total. The van der Waals surface area contributed by atoms with Crippen molar-refractivity contribution in [3.05, 3.63) is 0 Å². The molecule has 2 heterocycles. The molecule has 2 saturated heterocycles. The van der Waals surface area contributed by atoms with Crippen LogP contribution in [0.25, 0.3) is 0 Å². The molecule has 0 amide bonds. The number of fused-ring (bicyclic) bond motifs is 1. The third kappa shape index (κ3) is 4.80. The van der Waals surface area contributed by atoms with Crippen LogP contribution in [0.3, 0.4) is 0 Å². The Morgan fingerprint density at radius 3 is 2.52 bits per heavy atom. The van der Waals surface area contributed by atoms with Crippen LogP contribution < -0.4 is 0 Å². The maximum absolute atomic E-state index is 11.7. The lowest BCUT2D eigenvalue weighted by Gasteiger charge is -2.17. The molecule has 0 aromatic carbocycles. The van der Waals surface area contributed by atoms with E-state index in [-0.39, 0.29) is 23.3 Å². The molecule has 0 aromatic heterocycles. The molecule has 2 aliphatic heterocycles. The number of Topliss-reactive ketones (excluding diaryl/α,β-unsaturated/α-hetero) is 1. The smallest absolute Gasteiger partial charge is 0.305 e. The maximum Gasteiger partial charge on any atom is 0.305 e. The van der Waals surface area contributed by atoms with E-state index in [4.69, 9.17) is 9.47 Å². The number of rotatable bonds is 0. The number of esters is 1. The second-order valence-corrected chi connectivity index (χ2v) is 6.72. The summed E-state index contributed by atoms with van der Waals surface area (Å²) < 4.78 is 11.2. The van der Waals surface area contributed by atoms with Gasteiger partial charge in [-0.2, -0.15) is 0 Å². The molecular weight excluding hydrogens is 268 g/mol. The van der Waals surface area contributed by atoms with Gasteiger partial charge in [-0.25, -0.2) is 0 Å². The molecule has 4 heteroatoms. The van der Waals surface area contributed by atoms with Crippen LogP contribution in [0.2, 0.25) is 0 Å². The summed E-state index contributed by atoms with van der Waals surface area (Å²) in [5.74, 6) is 0.310. The minimum Gasteiger partial charge on any atom is -0.465 e. The molecule has 0 aromatic rings. The van der Waals surface area contributed by atoms with E-state index in [1.54, 1.807) is 0 Å². The van der Waals surface area contributed by atoms with Gasteiger partial charge in [0.2, 0.25) is 0 Å². The van der Waals surface area contributed by atoms with Gasteiger partial charge in [-0.05, 0) is 26.2 Å². The lowest BCUT2D eigenvalue weighted by atomic mass is 9.90. The van der Waals surface area contributed by atoms with Gasteiger partial charge in [0.05, 0.1) is 18.3 Å². The maximum atomic E-state index is 11.7. The summed E-state index contributed by atoms with van der Waals surface area (Å²) in [5, 5.41) is 0. The van der Waals surface area contributed by atoms with E-state index in [2.05, 4.69) is 13.8 Å². The topological polar surface area (TPSA) is 55.9 Å². The number of hydrogen-bond donors (Lipinski definition) is 0. The highest BCUT2D eigenvalue weighted by molar-refractivity contribution is 5.79. The van der Waals surface area contributed by atoms with Crippen LogP contribution in [0.15, 0.2) is 0 Å². The average Bonchev–Trinajstić information content (AvgIpc) is 3.11. The second kappa shape index (κ2) is 7.39. The summed E-state index contributed by atoms with van der Waals surface area (Å²) in [6.45, 7) is 4.62. The molecule has 2 aliphatic rings. The quantitative estimate of drug-likeness (QED) is 0.508. The Kier molecular flexibility index (Phi) is 5.80. The van der Waals surface area contributed by atoms with Crippen LogP contribution in [-0.4, -0.2) is 30.1 Å². The molecule has 21 heavy (non-hydrogen) atoms. The lowest BCUT2D eigenvalue weighted by molar-refractivity contribution is -0.145. The van der Waals surface area contributed by atoms with E-state index in [1.807, 2.05) is 0 Å². The van der Waals surface area contributed by atoms with Crippen LogP contribution in [-0.2, 0) is 19.1 Å². The zero-order chi connectivity index (χ0) is 15.3. The SMILES string of the molecule is CC1COC(=O)CCCC(=O)CCCCCCC2OC12C. The third-order valence-electron chi connectivity index (χ3n) is 4.96. The van der Waals surface area contributed by atoms with Gasteiger partial charge in [-0.15, -0.1) is 0 Å². The van der Waals surface area contributed by atoms with Crippen LogP contribution in [0.5, 0.6) is 0 Å². The highest BCUT2D eigenvalue weighted by Gasteiger charge is 2.55. The molecule has 0 radical (unpaired) electrons. The van der Waals surface area contributed by atoms with E-state index in [0.717, 1.165) is 25.7 Å². The fourth-order valence-electron chi connectivity index (χ4n) is 3.07. The Bertz CT molecular complexity index is 379. The highest BCUT2D eigenvalue weighted by Crippen LogP contribution is 2.45.